The van der Waals surface area contributed by atoms with Crippen molar-refractivity contribution in [2.75, 3.05) is 18.9 Å². The summed E-state index contributed by atoms with van der Waals surface area (Å²) in [5.41, 5.74) is -0.0482. The zero-order valence-corrected chi connectivity index (χ0v) is 14.7. The smallest absolute Gasteiger partial charge is 0.337 e. The topological polar surface area (TPSA) is 112 Å². The molecule has 1 aromatic heterocycles. The van der Waals surface area contributed by atoms with Gasteiger partial charge in [0.2, 0.25) is 0 Å². The summed E-state index contributed by atoms with van der Waals surface area (Å²) in [7, 11) is -1.68. The lowest BCUT2D eigenvalue weighted by atomic mass is 10.1. The molecule has 0 amide bonds. The third kappa shape index (κ3) is 4.46. The number of benzene rings is 1. The summed E-state index contributed by atoms with van der Waals surface area (Å²) in [6.45, 7) is 0. The van der Waals surface area contributed by atoms with Gasteiger partial charge in [-0.1, -0.05) is 11.6 Å². The van der Waals surface area contributed by atoms with Gasteiger partial charge in [0.1, 0.15) is 10.0 Å². The summed E-state index contributed by atoms with van der Waals surface area (Å²) < 4.78 is 36.2. The molecule has 0 unspecified atom stereocenters. The van der Waals surface area contributed by atoms with Crippen molar-refractivity contribution in [3.05, 3.63) is 52.8 Å². The Hall–Kier alpha value is -2.65. The number of halogens is 1. The average molecular weight is 385 g/mol. The van der Waals surface area contributed by atoms with Crippen LogP contribution in [0.25, 0.3) is 0 Å². The fourth-order valence-corrected chi connectivity index (χ4v) is 2.99. The quantitative estimate of drug-likeness (QED) is 0.620. The Bertz CT molecular complexity index is 878. The van der Waals surface area contributed by atoms with E-state index in [1.54, 1.807) is 0 Å². The van der Waals surface area contributed by atoms with Crippen LogP contribution in [0.2, 0.25) is 5.15 Å². The van der Waals surface area contributed by atoms with Crippen molar-refractivity contribution in [3.63, 3.8) is 0 Å². The number of rotatable bonds is 5. The largest absolute Gasteiger partial charge is 0.465 e. The maximum atomic E-state index is 12.4. The molecular weight excluding hydrogens is 372 g/mol. The number of pyridine rings is 1. The molecule has 0 spiro atoms. The molecule has 0 aliphatic rings. The maximum absolute atomic E-state index is 12.4. The fraction of sp³-hybridized carbons (Fsp3) is 0.133. The Kier molecular flexibility index (Phi) is 5.60. The highest BCUT2D eigenvalue weighted by Crippen LogP contribution is 2.21. The number of aromatic nitrogens is 1. The first kappa shape index (κ1) is 18.7. The lowest BCUT2D eigenvalue weighted by Gasteiger charge is -2.11. The second-order valence-corrected chi connectivity index (χ2v) is 6.77. The van der Waals surface area contributed by atoms with Gasteiger partial charge in [0.05, 0.1) is 31.0 Å². The van der Waals surface area contributed by atoms with Gasteiger partial charge in [-0.05, 0) is 30.3 Å². The average Bonchev–Trinajstić information content (AvgIpc) is 2.59. The predicted octanol–water partition coefficient (Wildman–Crippen LogP) is 2.11. The Morgan fingerprint density at radius 2 is 1.60 bits per heavy atom. The number of methoxy groups -OCH3 is 2. The number of carbonyl (C=O) groups excluding carboxylic acids is 2. The second kappa shape index (κ2) is 7.49. The van der Waals surface area contributed by atoms with Gasteiger partial charge in [0.25, 0.3) is 10.0 Å². The molecule has 0 aliphatic heterocycles. The molecule has 132 valence electrons. The molecule has 0 fully saturated rings. The van der Waals surface area contributed by atoms with E-state index in [1.807, 2.05) is 0 Å². The predicted molar refractivity (Wildman–Crippen MR) is 89.2 cm³/mol. The number of hydrogen-bond donors (Lipinski definition) is 1. The van der Waals surface area contributed by atoms with E-state index in [9.17, 15) is 18.0 Å². The minimum absolute atomic E-state index is 0.0155. The van der Waals surface area contributed by atoms with Crippen LogP contribution in [-0.4, -0.2) is 39.6 Å². The van der Waals surface area contributed by atoms with E-state index in [-0.39, 0.29) is 26.9 Å². The van der Waals surface area contributed by atoms with Crippen LogP contribution in [0.5, 0.6) is 0 Å². The van der Waals surface area contributed by atoms with Gasteiger partial charge in [-0.2, -0.15) is 0 Å². The molecule has 0 saturated heterocycles. The molecule has 0 radical (unpaired) electrons. The van der Waals surface area contributed by atoms with Gasteiger partial charge >= 0.3 is 11.9 Å². The molecule has 2 aromatic rings. The number of sulfonamides is 1. The molecule has 0 saturated carbocycles. The summed E-state index contributed by atoms with van der Waals surface area (Å²) in [6, 6.07) is 6.29. The summed E-state index contributed by atoms with van der Waals surface area (Å²) in [5, 5.41) is 0.139. The Labute approximate surface area is 148 Å². The lowest BCUT2D eigenvalue weighted by molar-refractivity contribution is 0.0599. The molecule has 0 atom stereocenters. The maximum Gasteiger partial charge on any atom is 0.337 e. The standard InChI is InChI=1S/C15H13ClN2O6S/c1-23-14(19)9-5-10(15(20)24-2)7-11(6-9)18-25(21,22)12-3-4-13(16)17-8-12/h3-8,18H,1-2H3. The van der Waals surface area contributed by atoms with Crippen molar-refractivity contribution in [2.45, 2.75) is 4.90 Å². The number of hydrogen-bond acceptors (Lipinski definition) is 7. The van der Waals surface area contributed by atoms with Crippen LogP contribution >= 0.6 is 11.6 Å². The summed E-state index contributed by atoms with van der Waals surface area (Å²) in [6.07, 6.45) is 1.08. The zero-order valence-electron chi connectivity index (χ0n) is 13.1. The molecule has 1 N–H and O–H groups in total. The number of anilines is 1. The molecule has 0 aliphatic carbocycles. The summed E-state index contributed by atoms with van der Waals surface area (Å²) in [4.78, 5) is 27.0. The Morgan fingerprint density at radius 3 is 2.04 bits per heavy atom. The van der Waals surface area contributed by atoms with Gasteiger partial charge in [-0.25, -0.2) is 23.0 Å². The van der Waals surface area contributed by atoms with Gasteiger partial charge < -0.3 is 9.47 Å². The van der Waals surface area contributed by atoms with Crippen LogP contribution in [0, 0.1) is 0 Å². The Morgan fingerprint density at radius 1 is 1.04 bits per heavy atom. The van der Waals surface area contributed by atoms with Crippen LogP contribution in [0.4, 0.5) is 5.69 Å². The molecule has 8 nitrogen and oxygen atoms in total. The van der Waals surface area contributed by atoms with Crippen molar-refractivity contribution < 1.29 is 27.5 Å². The van der Waals surface area contributed by atoms with E-state index in [4.69, 9.17) is 11.6 Å². The van der Waals surface area contributed by atoms with E-state index < -0.39 is 22.0 Å². The van der Waals surface area contributed by atoms with Crippen molar-refractivity contribution in [2.24, 2.45) is 0 Å². The number of ether oxygens (including phenoxy) is 2. The van der Waals surface area contributed by atoms with E-state index >= 15 is 0 Å². The van der Waals surface area contributed by atoms with Crippen LogP contribution in [0.15, 0.2) is 41.4 Å². The highest BCUT2D eigenvalue weighted by atomic mass is 35.5. The third-order valence-electron chi connectivity index (χ3n) is 3.04. The van der Waals surface area contributed by atoms with Crippen LogP contribution < -0.4 is 4.72 Å². The highest BCUT2D eigenvalue weighted by molar-refractivity contribution is 7.92. The summed E-state index contributed by atoms with van der Waals surface area (Å²) >= 11 is 5.64. The van der Waals surface area contributed by atoms with Gasteiger partial charge in [0, 0.05) is 6.20 Å². The van der Waals surface area contributed by atoms with Gasteiger partial charge in [0.15, 0.2) is 0 Å². The first-order valence-electron chi connectivity index (χ1n) is 6.73. The normalized spacial score (nSPS) is 10.8. The van der Waals surface area contributed by atoms with Gasteiger partial charge in [-0.3, -0.25) is 4.72 Å². The molecule has 2 rings (SSSR count). The zero-order chi connectivity index (χ0) is 18.6. The van der Waals surface area contributed by atoms with Gasteiger partial charge in [-0.15, -0.1) is 0 Å². The first-order chi connectivity index (χ1) is 11.8. The van der Waals surface area contributed by atoms with E-state index in [0.717, 1.165) is 20.4 Å². The number of esters is 2. The fourth-order valence-electron chi connectivity index (χ4n) is 1.89. The summed E-state index contributed by atoms with van der Waals surface area (Å²) in [5.74, 6) is -1.47. The first-order valence-corrected chi connectivity index (χ1v) is 8.59. The lowest BCUT2D eigenvalue weighted by Crippen LogP contribution is -2.15. The van der Waals surface area contributed by atoms with E-state index in [2.05, 4.69) is 19.2 Å². The number of carbonyl (C=O) groups is 2. The van der Waals surface area contributed by atoms with Crippen LogP contribution in [0.3, 0.4) is 0 Å². The highest BCUT2D eigenvalue weighted by Gasteiger charge is 2.19. The van der Waals surface area contributed by atoms with Crippen LogP contribution in [0.1, 0.15) is 20.7 Å². The van der Waals surface area contributed by atoms with E-state index in [1.165, 1.54) is 30.3 Å². The molecular formula is C15H13ClN2O6S. The molecule has 1 heterocycles. The van der Waals surface area contributed by atoms with E-state index in [0.29, 0.717) is 0 Å². The molecule has 10 heteroatoms. The number of nitrogens with zero attached hydrogens (tertiary/aromatic N) is 1. The number of nitrogens with one attached hydrogen (secondary N) is 1. The minimum Gasteiger partial charge on any atom is -0.465 e. The van der Waals surface area contributed by atoms with Crippen molar-refractivity contribution >= 4 is 39.3 Å². The third-order valence-corrected chi connectivity index (χ3v) is 4.63. The van der Waals surface area contributed by atoms with Crippen LogP contribution in [-0.2, 0) is 19.5 Å². The molecule has 0 bridgehead atoms. The van der Waals surface area contributed by atoms with Crippen molar-refractivity contribution in [1.29, 1.82) is 0 Å². The SMILES string of the molecule is COC(=O)c1cc(NS(=O)(=O)c2ccc(Cl)nc2)cc(C(=O)OC)c1. The molecule has 25 heavy (non-hydrogen) atoms. The van der Waals surface area contributed by atoms with Crippen molar-refractivity contribution in [1.82, 2.24) is 4.98 Å². The Balaban J connectivity index is 2.45. The monoisotopic (exact) mass is 384 g/mol. The second-order valence-electron chi connectivity index (χ2n) is 4.70. The minimum atomic E-state index is -4.00. The van der Waals surface area contributed by atoms with Crippen molar-refractivity contribution in [3.8, 4) is 0 Å². The molecule has 1 aromatic carbocycles.